The van der Waals surface area contributed by atoms with Crippen molar-refractivity contribution in [2.24, 2.45) is 0 Å². The van der Waals surface area contributed by atoms with Crippen molar-refractivity contribution < 1.29 is 18.3 Å². The molecule has 1 aliphatic heterocycles. The van der Waals surface area contributed by atoms with Crippen LogP contribution >= 0.6 is 0 Å². The molecule has 0 amide bonds. The van der Waals surface area contributed by atoms with Crippen LogP contribution in [0.1, 0.15) is 19.3 Å². The smallest absolute Gasteiger partial charge is 0.392 e. The highest BCUT2D eigenvalue weighted by atomic mass is 19.4. The van der Waals surface area contributed by atoms with Crippen LogP contribution in [0.4, 0.5) is 13.2 Å². The van der Waals surface area contributed by atoms with E-state index in [1.54, 1.807) is 0 Å². The molecule has 3 nitrogen and oxygen atoms in total. The number of alkyl halides is 3. The van der Waals surface area contributed by atoms with Crippen molar-refractivity contribution in [3.8, 4) is 0 Å². The predicted octanol–water partition coefficient (Wildman–Crippen LogP) is 0.736. The molecule has 0 bridgehead atoms. The molecule has 0 spiro atoms. The highest BCUT2D eigenvalue weighted by Crippen LogP contribution is 2.30. The van der Waals surface area contributed by atoms with Crippen molar-refractivity contribution >= 4 is 0 Å². The molecule has 0 aromatic carbocycles. The van der Waals surface area contributed by atoms with Gasteiger partial charge in [0.1, 0.15) is 0 Å². The zero-order valence-corrected chi connectivity index (χ0v) is 9.00. The summed E-state index contributed by atoms with van der Waals surface area (Å²) in [6.45, 7) is 0.0579. The van der Waals surface area contributed by atoms with Gasteiger partial charge in [-0.3, -0.25) is 4.90 Å². The van der Waals surface area contributed by atoms with Crippen LogP contribution < -0.4 is 5.32 Å². The van der Waals surface area contributed by atoms with Crippen molar-refractivity contribution in [2.45, 2.75) is 43.6 Å². The first-order valence-corrected chi connectivity index (χ1v) is 5.66. The van der Waals surface area contributed by atoms with E-state index in [0.29, 0.717) is 19.5 Å². The molecule has 2 atom stereocenters. The summed E-state index contributed by atoms with van der Waals surface area (Å²) in [6, 6.07) is 0.0964. The Labute approximate surface area is 92.6 Å². The number of aliphatic hydroxyl groups is 1. The molecule has 1 aliphatic carbocycles. The Bertz CT molecular complexity index is 243. The fourth-order valence-corrected chi connectivity index (χ4v) is 2.23. The standard InChI is InChI=1S/C10H17F3N2O/c11-10(12,13)6-15(8-1-2-8)5-7-3-9(16)4-14-7/h7-9,14,16H,1-6H2. The summed E-state index contributed by atoms with van der Waals surface area (Å²) in [5.41, 5.74) is 0. The fourth-order valence-electron chi connectivity index (χ4n) is 2.23. The number of halogens is 3. The quantitative estimate of drug-likeness (QED) is 0.758. The normalized spacial score (nSPS) is 31.3. The average molecular weight is 238 g/mol. The Kier molecular flexibility index (Phi) is 3.42. The number of nitrogens with one attached hydrogen (secondary N) is 1. The zero-order valence-electron chi connectivity index (χ0n) is 9.00. The van der Waals surface area contributed by atoms with E-state index in [1.807, 2.05) is 0 Å². The SMILES string of the molecule is OC1CNC(CN(CC(F)(F)F)C2CC2)C1. The van der Waals surface area contributed by atoms with E-state index in [4.69, 9.17) is 0 Å². The van der Waals surface area contributed by atoms with Gasteiger partial charge in [-0.1, -0.05) is 0 Å². The largest absolute Gasteiger partial charge is 0.401 e. The van der Waals surface area contributed by atoms with Crippen LogP contribution in [0.2, 0.25) is 0 Å². The highest BCUT2D eigenvalue weighted by Gasteiger charge is 2.39. The van der Waals surface area contributed by atoms with Gasteiger partial charge in [-0.2, -0.15) is 13.2 Å². The average Bonchev–Trinajstić information content (AvgIpc) is 2.89. The molecule has 16 heavy (non-hydrogen) atoms. The maximum Gasteiger partial charge on any atom is 0.401 e. The summed E-state index contributed by atoms with van der Waals surface area (Å²) < 4.78 is 37.0. The number of hydrogen-bond donors (Lipinski definition) is 2. The molecule has 94 valence electrons. The van der Waals surface area contributed by atoms with Crippen molar-refractivity contribution in [3.63, 3.8) is 0 Å². The van der Waals surface area contributed by atoms with Crippen LogP contribution in [0.25, 0.3) is 0 Å². The number of aliphatic hydroxyl groups excluding tert-OH is 1. The third-order valence-corrected chi connectivity index (χ3v) is 3.10. The maximum absolute atomic E-state index is 12.3. The lowest BCUT2D eigenvalue weighted by atomic mass is 10.2. The lowest BCUT2D eigenvalue weighted by Gasteiger charge is -2.26. The van der Waals surface area contributed by atoms with Crippen molar-refractivity contribution in [2.75, 3.05) is 19.6 Å². The molecule has 0 radical (unpaired) electrons. The van der Waals surface area contributed by atoms with Gasteiger partial charge >= 0.3 is 6.18 Å². The van der Waals surface area contributed by atoms with E-state index < -0.39 is 18.8 Å². The summed E-state index contributed by atoms with van der Waals surface area (Å²) in [5, 5.41) is 12.3. The summed E-state index contributed by atoms with van der Waals surface area (Å²) in [4.78, 5) is 1.50. The topological polar surface area (TPSA) is 35.5 Å². The fraction of sp³-hybridized carbons (Fsp3) is 1.00. The molecular formula is C10H17F3N2O. The van der Waals surface area contributed by atoms with E-state index in [0.717, 1.165) is 12.8 Å². The first kappa shape index (κ1) is 12.1. The first-order chi connectivity index (χ1) is 7.44. The Morgan fingerprint density at radius 2 is 2.00 bits per heavy atom. The van der Waals surface area contributed by atoms with Gasteiger partial charge in [-0.25, -0.2) is 0 Å². The Balaban J connectivity index is 1.83. The highest BCUT2D eigenvalue weighted by molar-refractivity contribution is 4.91. The summed E-state index contributed by atoms with van der Waals surface area (Å²) in [5.74, 6) is 0. The van der Waals surface area contributed by atoms with Crippen LogP contribution in [0.3, 0.4) is 0 Å². The molecule has 2 fully saturated rings. The zero-order chi connectivity index (χ0) is 11.8. The minimum atomic E-state index is -4.13. The molecular weight excluding hydrogens is 221 g/mol. The minimum absolute atomic E-state index is 0.00190. The van der Waals surface area contributed by atoms with Gasteiger partial charge in [0.2, 0.25) is 0 Å². The predicted molar refractivity (Wildman–Crippen MR) is 53.1 cm³/mol. The summed E-state index contributed by atoms with van der Waals surface area (Å²) >= 11 is 0. The van der Waals surface area contributed by atoms with E-state index in [1.165, 1.54) is 4.90 Å². The first-order valence-electron chi connectivity index (χ1n) is 5.66. The van der Waals surface area contributed by atoms with Gasteiger partial charge in [0, 0.05) is 25.2 Å². The molecule has 2 aliphatic rings. The van der Waals surface area contributed by atoms with E-state index in [9.17, 15) is 18.3 Å². The monoisotopic (exact) mass is 238 g/mol. The Hall–Kier alpha value is -0.330. The van der Waals surface area contributed by atoms with Gasteiger partial charge in [0.25, 0.3) is 0 Å². The molecule has 1 saturated carbocycles. The molecule has 2 N–H and O–H groups in total. The lowest BCUT2D eigenvalue weighted by molar-refractivity contribution is -0.147. The van der Waals surface area contributed by atoms with Crippen LogP contribution in [-0.2, 0) is 0 Å². The van der Waals surface area contributed by atoms with Crippen LogP contribution in [0, 0.1) is 0 Å². The number of hydrogen-bond acceptors (Lipinski definition) is 3. The third kappa shape index (κ3) is 3.61. The van der Waals surface area contributed by atoms with Crippen LogP contribution in [-0.4, -0.2) is 54.0 Å². The van der Waals surface area contributed by atoms with Gasteiger partial charge in [-0.15, -0.1) is 0 Å². The Morgan fingerprint density at radius 1 is 1.31 bits per heavy atom. The molecule has 2 rings (SSSR count). The van der Waals surface area contributed by atoms with Crippen LogP contribution in [0.15, 0.2) is 0 Å². The second-order valence-corrected chi connectivity index (χ2v) is 4.77. The van der Waals surface area contributed by atoms with Gasteiger partial charge in [0.05, 0.1) is 12.6 Å². The van der Waals surface area contributed by atoms with Gasteiger partial charge in [-0.05, 0) is 19.3 Å². The second-order valence-electron chi connectivity index (χ2n) is 4.77. The number of nitrogens with zero attached hydrogens (tertiary/aromatic N) is 1. The molecule has 0 aromatic heterocycles. The van der Waals surface area contributed by atoms with Crippen molar-refractivity contribution in [3.05, 3.63) is 0 Å². The molecule has 0 aromatic rings. The second kappa shape index (κ2) is 4.50. The summed E-state index contributed by atoms with van der Waals surface area (Å²) in [6.07, 6.45) is -2.24. The molecule has 1 saturated heterocycles. The molecule has 6 heteroatoms. The van der Waals surface area contributed by atoms with E-state index in [2.05, 4.69) is 5.32 Å². The van der Waals surface area contributed by atoms with E-state index >= 15 is 0 Å². The third-order valence-electron chi connectivity index (χ3n) is 3.10. The van der Waals surface area contributed by atoms with Crippen molar-refractivity contribution in [1.82, 2.24) is 10.2 Å². The van der Waals surface area contributed by atoms with Gasteiger partial charge < -0.3 is 10.4 Å². The summed E-state index contributed by atoms with van der Waals surface area (Å²) in [7, 11) is 0. The van der Waals surface area contributed by atoms with Crippen molar-refractivity contribution in [1.29, 1.82) is 0 Å². The number of β-amino-alcohol motifs (C(OH)–C–C–N with tert-alkyl or cyclic N) is 1. The number of rotatable bonds is 4. The maximum atomic E-state index is 12.3. The lowest BCUT2D eigenvalue weighted by Crippen LogP contribution is -2.43. The van der Waals surface area contributed by atoms with E-state index in [-0.39, 0.29) is 12.1 Å². The van der Waals surface area contributed by atoms with Gasteiger partial charge in [0.15, 0.2) is 0 Å². The van der Waals surface area contributed by atoms with Crippen LogP contribution in [0.5, 0.6) is 0 Å². The minimum Gasteiger partial charge on any atom is -0.392 e. The Morgan fingerprint density at radius 3 is 2.44 bits per heavy atom. The molecule has 1 heterocycles. The molecule has 2 unspecified atom stereocenters.